The number of halogens is 5. The van der Waals surface area contributed by atoms with E-state index in [1.165, 1.54) is 0 Å². The van der Waals surface area contributed by atoms with Gasteiger partial charge in [-0.2, -0.15) is 0 Å². The van der Waals surface area contributed by atoms with Gasteiger partial charge >= 0.3 is 5.91 Å². The van der Waals surface area contributed by atoms with Gasteiger partial charge in [0.25, 0.3) is 29.5 Å². The molecule has 2 unspecified atom stereocenters. The Morgan fingerprint density at radius 1 is 0.404 bits per heavy atom. The van der Waals surface area contributed by atoms with E-state index in [0.29, 0.717) is 71.5 Å². The lowest BCUT2D eigenvalue weighted by Crippen LogP contribution is -2.36. The first-order chi connectivity index (χ1) is 50.1. The normalized spacial score (nSPS) is 13.4. The number of carbonyl (C=O) groups excluding carboxylic acids is 5. The molecule has 0 saturated carbocycles. The monoisotopic (exact) mass is 1490 g/mol. The Morgan fingerprint density at radius 3 is 1.31 bits per heavy atom. The minimum Gasteiger partial charge on any atom is -0.493 e. The average Bonchev–Trinajstić information content (AvgIpc) is 1.62. The molecule has 5 aromatic heterocycles. The minimum atomic E-state index is -0.308. The van der Waals surface area contributed by atoms with Crippen molar-refractivity contribution in [1.82, 2.24) is 51.5 Å². The number of H-pyrrole nitrogens is 4. The van der Waals surface area contributed by atoms with Gasteiger partial charge in [0.1, 0.15) is 34.0 Å². The Bertz CT molecular complexity index is 5110. The predicted octanol–water partition coefficient (Wildman–Crippen LogP) is 20.3. The molecule has 6 heterocycles. The Kier molecular flexibility index (Phi) is 24.6. The number of hydrogen-bond donors (Lipinski definition) is 9. The number of nitrogens with zero attached hydrogens (tertiary/aromatic N) is 1. The maximum Gasteiger partial charge on any atom is 0.307 e. The Labute approximate surface area is 625 Å². The molecule has 5 atom stereocenters. The molecule has 104 heavy (non-hydrogen) atoms. The number of para-hydroxylation sites is 4. The third-order valence-electron chi connectivity index (χ3n) is 17.4. The van der Waals surface area contributed by atoms with Crippen LogP contribution in [0.2, 0.25) is 25.1 Å². The summed E-state index contributed by atoms with van der Waals surface area (Å²) in [5.41, 5.74) is 11.2. The van der Waals surface area contributed by atoms with Crippen LogP contribution < -0.4 is 31.3 Å². The van der Waals surface area contributed by atoms with E-state index in [0.717, 1.165) is 78.0 Å². The van der Waals surface area contributed by atoms with Crippen LogP contribution in [0.5, 0.6) is 5.75 Å². The predicted molar refractivity (Wildman–Crippen MR) is 418 cm³/mol. The Morgan fingerprint density at radius 2 is 0.808 bits per heavy atom. The van der Waals surface area contributed by atoms with Crippen molar-refractivity contribution in [2.75, 3.05) is 6.61 Å². The highest BCUT2D eigenvalue weighted by molar-refractivity contribution is 6.32. The van der Waals surface area contributed by atoms with Crippen LogP contribution in [-0.2, 0) is 0 Å². The highest BCUT2D eigenvalue weighted by atomic mass is 35.5. The van der Waals surface area contributed by atoms with Crippen LogP contribution in [0.4, 0.5) is 0 Å². The fourth-order valence-corrected chi connectivity index (χ4v) is 12.1. The first kappa shape index (κ1) is 74.4. The van der Waals surface area contributed by atoms with Gasteiger partial charge < -0.3 is 55.7 Å². The number of amides is 5. The molecule has 14 aromatic rings. The molecule has 1 aliphatic heterocycles. The van der Waals surface area contributed by atoms with Gasteiger partial charge in [-0.3, -0.25) is 24.0 Å². The van der Waals surface area contributed by atoms with Crippen molar-refractivity contribution in [2.45, 2.75) is 78.2 Å². The first-order valence-corrected chi connectivity index (χ1v) is 35.6. The summed E-state index contributed by atoms with van der Waals surface area (Å²) in [6.45, 7) is 12.6. The van der Waals surface area contributed by atoms with Gasteiger partial charge in [0.15, 0.2) is 5.58 Å². The van der Waals surface area contributed by atoms with Crippen LogP contribution in [-0.4, -0.2) is 67.1 Å². The smallest absolute Gasteiger partial charge is 0.307 e. The minimum absolute atomic E-state index is 0.0103. The van der Waals surface area contributed by atoms with E-state index in [2.05, 4.69) is 65.4 Å². The molecule has 9 N–H and O–H groups in total. The van der Waals surface area contributed by atoms with Crippen LogP contribution in [0.15, 0.2) is 235 Å². The highest BCUT2D eigenvalue weighted by Gasteiger charge is 2.25. The number of oxazole rings is 1. The largest absolute Gasteiger partial charge is 0.493 e. The van der Waals surface area contributed by atoms with Crippen LogP contribution in [0.3, 0.4) is 0 Å². The average molecular weight is 1490 g/mol. The molecule has 9 aromatic carbocycles. The van der Waals surface area contributed by atoms with E-state index >= 15 is 0 Å². The lowest BCUT2D eigenvalue weighted by molar-refractivity contribution is 0.0902. The Balaban J connectivity index is 0.000000130. The van der Waals surface area contributed by atoms with Crippen LogP contribution in [0.1, 0.15) is 147 Å². The molecular weight excluding hydrogens is 1410 g/mol. The molecule has 0 bridgehead atoms. The summed E-state index contributed by atoms with van der Waals surface area (Å²) < 4.78 is 11.1. The van der Waals surface area contributed by atoms with Crippen molar-refractivity contribution in [2.24, 2.45) is 5.92 Å². The number of ether oxygens (including phenoxy) is 1. The number of rotatable bonds is 14. The number of aromatic amines is 4. The van der Waals surface area contributed by atoms with E-state index in [9.17, 15) is 24.0 Å². The van der Waals surface area contributed by atoms with Gasteiger partial charge in [0.05, 0.1) is 30.8 Å². The van der Waals surface area contributed by atoms with E-state index in [-0.39, 0.29) is 65.6 Å². The van der Waals surface area contributed by atoms with Crippen LogP contribution in [0, 0.1) is 5.92 Å². The molecule has 0 aliphatic carbocycles. The number of carbonyl (C=O) groups is 5. The Hall–Kier alpha value is -10.8. The molecule has 5 amide bonds. The summed E-state index contributed by atoms with van der Waals surface area (Å²) in [6, 6.07) is 71.3. The molecule has 17 nitrogen and oxygen atoms in total. The lowest BCUT2D eigenvalue weighted by Gasteiger charge is -2.26. The van der Waals surface area contributed by atoms with E-state index in [4.69, 9.17) is 67.2 Å². The van der Waals surface area contributed by atoms with Crippen molar-refractivity contribution in [3.05, 3.63) is 307 Å². The zero-order valence-electron chi connectivity index (χ0n) is 57.5. The zero-order chi connectivity index (χ0) is 73.6. The SMILES string of the molecule is CC(C)C(C)NC(=O)c1cc2cc(Cl)ccc2[nH]1.C[C@@H](NC(=O)c1cc2cc(Cl)ccc2[nH]1)c1ccc(Cl)cc1.C[C@@H](NC(=O)c1nc2ccccc2o1)c1ccccc1.C[C@H](NC(=O)c1cc2cc(Cl)ccc2[nH]1)c1ccc(Cl)cc1.O=C(NC1CCOc2ccccc21)c1cc2ccccc2[nH]1. The van der Waals surface area contributed by atoms with Crippen molar-refractivity contribution in [3.63, 3.8) is 0 Å². The molecule has 0 radical (unpaired) electrons. The van der Waals surface area contributed by atoms with Crippen molar-refractivity contribution in [3.8, 4) is 5.75 Å². The summed E-state index contributed by atoms with van der Waals surface area (Å²) in [6.07, 6.45) is 0.781. The third kappa shape index (κ3) is 19.5. The summed E-state index contributed by atoms with van der Waals surface area (Å²) in [7, 11) is 0. The fourth-order valence-electron chi connectivity index (χ4n) is 11.3. The van der Waals surface area contributed by atoms with Gasteiger partial charge in [-0.05, 0) is 178 Å². The third-order valence-corrected chi connectivity index (χ3v) is 18.7. The lowest BCUT2D eigenvalue weighted by atomic mass is 10.0. The second kappa shape index (κ2) is 34.5. The number of fused-ring (bicyclic) bond motifs is 6. The molecular formula is C82H75Cl5N10O7. The molecule has 0 spiro atoms. The molecule has 530 valence electrons. The summed E-state index contributed by atoms with van der Waals surface area (Å²) in [4.78, 5) is 78.0. The molecule has 1 aliphatic rings. The number of aromatic nitrogens is 5. The van der Waals surface area contributed by atoms with Crippen molar-refractivity contribution < 1.29 is 33.1 Å². The quantitative estimate of drug-likeness (QED) is 0.0506. The fraction of sp³-hybridized carbons (Fsp3) is 0.171. The van der Waals surface area contributed by atoms with Crippen LogP contribution >= 0.6 is 58.0 Å². The molecule has 0 saturated heterocycles. The van der Waals surface area contributed by atoms with Gasteiger partial charge in [-0.25, -0.2) is 4.98 Å². The molecule has 22 heteroatoms. The van der Waals surface area contributed by atoms with Crippen molar-refractivity contribution >= 4 is 142 Å². The summed E-state index contributed by atoms with van der Waals surface area (Å²) in [5, 5.41) is 22.0. The van der Waals surface area contributed by atoms with Gasteiger partial charge in [-0.15, -0.1) is 0 Å². The highest BCUT2D eigenvalue weighted by Crippen LogP contribution is 2.33. The van der Waals surface area contributed by atoms with Gasteiger partial charge in [-0.1, -0.05) is 175 Å². The number of benzene rings is 9. The standard InChI is InChI=1S/C18H16N2O2.2C17H14Cl2N2O.C16H14N2O2.C14H17ClN2O/c21-18(16-11-12-5-1-3-7-14(12)19-16)20-15-9-10-22-17-8-4-2-6-13(15)17;2*1-10(11-2-4-13(18)5-3-11)20-17(22)16-9-12-8-14(19)6-7-15(12)21-16;1-11(12-7-3-2-4-8-12)17-15(19)16-18-13-9-5-6-10-14(13)20-16;1-8(2)9(3)16-14(18)13-7-10-6-11(15)4-5-12(10)17-13/h1-8,11,15,19H,9-10H2,(H,20,21);2*2-10,21H,1H3,(H,20,22);2-11H,1H3,(H,17,19);4-9,17H,1-3H3,(H,16,18)/t;2*10-;11-;/m.101./s1. The summed E-state index contributed by atoms with van der Waals surface area (Å²) >= 11 is 29.6. The van der Waals surface area contributed by atoms with Gasteiger partial charge in [0, 0.05) is 86.8 Å². The second-order valence-electron chi connectivity index (χ2n) is 25.3. The van der Waals surface area contributed by atoms with E-state index < -0.39 is 0 Å². The first-order valence-electron chi connectivity index (χ1n) is 33.7. The van der Waals surface area contributed by atoms with Gasteiger partial charge in [0.2, 0.25) is 0 Å². The number of nitrogens with one attached hydrogen (secondary N) is 9. The van der Waals surface area contributed by atoms with Crippen molar-refractivity contribution in [1.29, 1.82) is 0 Å². The molecule has 0 fully saturated rings. The zero-order valence-corrected chi connectivity index (χ0v) is 61.3. The summed E-state index contributed by atoms with van der Waals surface area (Å²) in [5.74, 6) is 0.570. The maximum atomic E-state index is 12.5. The topological polar surface area (TPSA) is 244 Å². The van der Waals surface area contributed by atoms with Crippen LogP contribution in [0.25, 0.3) is 54.7 Å². The maximum absolute atomic E-state index is 12.5. The second-order valence-corrected chi connectivity index (χ2v) is 27.5. The van der Waals surface area contributed by atoms with E-state index in [1.54, 1.807) is 36.4 Å². The van der Waals surface area contributed by atoms with E-state index in [1.807, 2.05) is 222 Å². The number of hydrogen-bond acceptors (Lipinski definition) is 8. The molecule has 15 rings (SSSR count).